The number of rotatable bonds is 8. The van der Waals surface area contributed by atoms with Gasteiger partial charge in [0.15, 0.2) is 11.5 Å². The van der Waals surface area contributed by atoms with Gasteiger partial charge in [-0.1, -0.05) is 30.3 Å². The lowest BCUT2D eigenvalue weighted by Gasteiger charge is -2.26. The highest BCUT2D eigenvalue weighted by Gasteiger charge is 2.20. The Balaban J connectivity index is 1.41. The van der Waals surface area contributed by atoms with E-state index < -0.39 is 0 Å². The number of methoxy groups -OCH3 is 1. The molecule has 2 aliphatic heterocycles. The summed E-state index contributed by atoms with van der Waals surface area (Å²) < 4.78 is 19.5. The molecule has 5 rings (SSSR count). The first-order valence-corrected chi connectivity index (χ1v) is 11.7. The van der Waals surface area contributed by atoms with Gasteiger partial charge in [-0.2, -0.15) is 0 Å². The normalized spacial score (nSPS) is 16.6. The Kier molecular flexibility index (Phi) is 6.73. The van der Waals surface area contributed by atoms with Crippen molar-refractivity contribution >= 4 is 16.7 Å². The van der Waals surface area contributed by atoms with Gasteiger partial charge in [0.2, 0.25) is 5.62 Å². The van der Waals surface area contributed by atoms with Crippen LogP contribution in [-0.2, 0) is 17.9 Å². The van der Waals surface area contributed by atoms with Crippen molar-refractivity contribution in [2.45, 2.75) is 19.6 Å². The van der Waals surface area contributed by atoms with Crippen LogP contribution in [0.15, 0.2) is 47.5 Å². The van der Waals surface area contributed by atoms with Gasteiger partial charge in [-0.25, -0.2) is 4.98 Å². The van der Waals surface area contributed by atoms with Crippen LogP contribution in [0.1, 0.15) is 12.0 Å². The van der Waals surface area contributed by atoms with Gasteiger partial charge in [-0.15, -0.1) is 0 Å². The van der Waals surface area contributed by atoms with Crippen LogP contribution in [0.5, 0.6) is 11.5 Å². The molecule has 1 fully saturated rings. The molecule has 8 nitrogen and oxygen atoms in total. The molecule has 0 amide bonds. The minimum Gasteiger partial charge on any atom is -0.491 e. The summed E-state index contributed by atoms with van der Waals surface area (Å²) in [6.07, 6.45) is 1.000. The topological polar surface area (TPSA) is 73.1 Å². The minimum atomic E-state index is 0.472. The number of fused-ring (bicyclic) bond motifs is 3. The molecule has 8 heteroatoms. The molecule has 0 unspecified atom stereocenters. The summed E-state index contributed by atoms with van der Waals surface area (Å²) in [6.45, 7) is 7.63. The fourth-order valence-electron chi connectivity index (χ4n) is 4.41. The first kappa shape index (κ1) is 21.7. The van der Waals surface area contributed by atoms with Gasteiger partial charge in [0.25, 0.3) is 0 Å². The molecule has 174 valence electrons. The van der Waals surface area contributed by atoms with Crippen molar-refractivity contribution in [1.82, 2.24) is 14.5 Å². The molecule has 2 aromatic carbocycles. The summed E-state index contributed by atoms with van der Waals surface area (Å²) in [5.74, 6) is 2.37. The lowest BCUT2D eigenvalue weighted by molar-refractivity contribution is 0.0377. The van der Waals surface area contributed by atoms with Crippen molar-refractivity contribution < 1.29 is 14.2 Å². The van der Waals surface area contributed by atoms with E-state index in [-0.39, 0.29) is 0 Å². The van der Waals surface area contributed by atoms with Crippen molar-refractivity contribution in [2.24, 2.45) is 4.99 Å². The molecule has 0 spiro atoms. The predicted octanol–water partition coefficient (Wildman–Crippen LogP) is 2.67. The van der Waals surface area contributed by atoms with Gasteiger partial charge < -0.3 is 19.5 Å². The number of anilines is 1. The third-order valence-corrected chi connectivity index (χ3v) is 6.13. The smallest absolute Gasteiger partial charge is 0.227 e. The zero-order valence-corrected chi connectivity index (χ0v) is 19.1. The maximum absolute atomic E-state index is 6.11. The quantitative estimate of drug-likeness (QED) is 0.533. The molecule has 0 radical (unpaired) electrons. The first-order valence-electron chi connectivity index (χ1n) is 11.7. The number of benzene rings is 2. The zero-order chi connectivity index (χ0) is 22.5. The van der Waals surface area contributed by atoms with Gasteiger partial charge in [0.05, 0.1) is 20.3 Å². The van der Waals surface area contributed by atoms with E-state index >= 15 is 0 Å². The molecule has 0 atom stereocenters. The Hall–Kier alpha value is -3.10. The molecule has 1 aromatic heterocycles. The average Bonchev–Trinajstić information content (AvgIpc) is 3.37. The molecule has 0 saturated carbocycles. The van der Waals surface area contributed by atoms with Crippen LogP contribution in [-0.4, -0.2) is 67.5 Å². The maximum Gasteiger partial charge on any atom is 0.227 e. The third kappa shape index (κ3) is 4.82. The fraction of sp³-hybridized carbons (Fsp3) is 0.440. The molecule has 0 bridgehead atoms. The van der Waals surface area contributed by atoms with Gasteiger partial charge in [-0.05, 0) is 24.1 Å². The van der Waals surface area contributed by atoms with Crippen LogP contribution < -0.4 is 20.4 Å². The summed E-state index contributed by atoms with van der Waals surface area (Å²) in [5.41, 5.74) is 2.62. The molecule has 2 aliphatic rings. The summed E-state index contributed by atoms with van der Waals surface area (Å²) >= 11 is 0. The van der Waals surface area contributed by atoms with Gasteiger partial charge in [0, 0.05) is 44.7 Å². The standard InChI is InChI=1S/C25H31N5O3/c1-31-23-21(33-18-19-6-3-2-4-7-19)9-8-20-22(23)28-25(30-13-11-26-24(20)30)27-10-5-12-29-14-16-32-17-15-29/h2-4,6-9,26H,5,10-18H2,1H3. The van der Waals surface area contributed by atoms with Crippen molar-refractivity contribution in [3.63, 3.8) is 0 Å². The van der Waals surface area contributed by atoms with E-state index in [9.17, 15) is 0 Å². The number of hydrogen-bond donors (Lipinski definition) is 1. The number of nitrogens with one attached hydrogen (secondary N) is 1. The lowest BCUT2D eigenvalue weighted by atomic mass is 10.2. The van der Waals surface area contributed by atoms with Crippen LogP contribution in [0.3, 0.4) is 0 Å². The van der Waals surface area contributed by atoms with E-state index in [1.54, 1.807) is 7.11 Å². The van der Waals surface area contributed by atoms with E-state index in [0.29, 0.717) is 18.1 Å². The number of hydrogen-bond acceptors (Lipinski definition) is 7. The molecule has 1 N–H and O–H groups in total. The average molecular weight is 450 g/mol. The van der Waals surface area contributed by atoms with Crippen molar-refractivity contribution in [1.29, 1.82) is 0 Å². The molecular formula is C25H31N5O3. The molecule has 33 heavy (non-hydrogen) atoms. The highest BCUT2D eigenvalue weighted by molar-refractivity contribution is 5.95. The van der Waals surface area contributed by atoms with Crippen molar-refractivity contribution in [3.05, 3.63) is 53.6 Å². The van der Waals surface area contributed by atoms with E-state index in [0.717, 1.165) is 86.8 Å². The Morgan fingerprint density at radius 3 is 2.76 bits per heavy atom. The maximum atomic E-state index is 6.11. The van der Waals surface area contributed by atoms with Crippen LogP contribution in [0.2, 0.25) is 0 Å². The minimum absolute atomic E-state index is 0.472. The van der Waals surface area contributed by atoms with Crippen LogP contribution in [0, 0.1) is 0 Å². The monoisotopic (exact) mass is 449 g/mol. The summed E-state index contributed by atoms with van der Waals surface area (Å²) in [4.78, 5) is 12.2. The second-order valence-electron chi connectivity index (χ2n) is 8.30. The predicted molar refractivity (Wildman–Crippen MR) is 128 cm³/mol. The van der Waals surface area contributed by atoms with E-state index in [1.165, 1.54) is 0 Å². The Labute approximate surface area is 193 Å². The highest BCUT2D eigenvalue weighted by atomic mass is 16.5. The fourth-order valence-corrected chi connectivity index (χ4v) is 4.41. The van der Waals surface area contributed by atoms with Gasteiger partial charge in [-0.3, -0.25) is 14.5 Å². The molecule has 3 heterocycles. The lowest BCUT2D eigenvalue weighted by Crippen LogP contribution is -2.37. The van der Waals surface area contributed by atoms with Crippen LogP contribution in [0.25, 0.3) is 10.9 Å². The summed E-state index contributed by atoms with van der Waals surface area (Å²) in [6, 6.07) is 14.1. The second-order valence-corrected chi connectivity index (χ2v) is 8.30. The Morgan fingerprint density at radius 2 is 1.94 bits per heavy atom. The summed E-state index contributed by atoms with van der Waals surface area (Å²) in [5, 5.41) is 4.52. The SMILES string of the molecule is COc1c(OCc2ccccc2)ccc2c3n(c(=NCCCN4CCOCC4)nc12)CCN3. The molecule has 1 saturated heterocycles. The molecule has 0 aliphatic carbocycles. The first-order chi connectivity index (χ1) is 16.3. The third-order valence-electron chi connectivity index (χ3n) is 6.13. The number of aromatic nitrogens is 2. The van der Waals surface area contributed by atoms with Gasteiger partial charge in [0.1, 0.15) is 17.9 Å². The Bertz CT molecular complexity index is 1160. The van der Waals surface area contributed by atoms with Crippen LogP contribution in [0.4, 0.5) is 5.82 Å². The summed E-state index contributed by atoms with van der Waals surface area (Å²) in [7, 11) is 1.67. The molecular weight excluding hydrogens is 418 g/mol. The number of morpholine rings is 1. The highest BCUT2D eigenvalue weighted by Crippen LogP contribution is 2.37. The van der Waals surface area contributed by atoms with E-state index in [4.69, 9.17) is 24.2 Å². The molecule has 3 aromatic rings. The number of nitrogens with zero attached hydrogens (tertiary/aromatic N) is 4. The van der Waals surface area contributed by atoms with E-state index in [2.05, 4.69) is 20.9 Å². The van der Waals surface area contributed by atoms with Gasteiger partial charge >= 0.3 is 0 Å². The largest absolute Gasteiger partial charge is 0.491 e. The zero-order valence-electron chi connectivity index (χ0n) is 19.1. The van der Waals surface area contributed by atoms with Crippen molar-refractivity contribution in [2.75, 3.05) is 58.4 Å². The number of ether oxygens (including phenoxy) is 3. The Morgan fingerprint density at radius 1 is 1.09 bits per heavy atom. The second kappa shape index (κ2) is 10.2. The van der Waals surface area contributed by atoms with Crippen molar-refractivity contribution in [3.8, 4) is 11.5 Å². The van der Waals surface area contributed by atoms with E-state index in [1.807, 2.05) is 36.4 Å². The van der Waals surface area contributed by atoms with Crippen LogP contribution >= 0.6 is 0 Å².